The summed E-state index contributed by atoms with van der Waals surface area (Å²) in [5.41, 5.74) is 0.349. The SMILES string of the molecule is CCC(C)C1NC(c2ccc(F)cc2F)N(C2CC2)C1=O. The highest BCUT2D eigenvalue weighted by molar-refractivity contribution is 5.85. The molecule has 1 N–H and O–H groups in total. The molecule has 1 heterocycles. The fraction of sp³-hybridized carbons (Fsp3) is 0.562. The van der Waals surface area contributed by atoms with Crippen molar-refractivity contribution in [2.75, 3.05) is 0 Å². The Hall–Kier alpha value is -1.49. The van der Waals surface area contributed by atoms with Crippen LogP contribution in [0.5, 0.6) is 0 Å². The van der Waals surface area contributed by atoms with E-state index in [0.717, 1.165) is 25.3 Å². The number of carbonyl (C=O) groups is 1. The van der Waals surface area contributed by atoms with E-state index in [1.54, 1.807) is 4.90 Å². The van der Waals surface area contributed by atoms with Crippen LogP contribution in [-0.2, 0) is 4.79 Å². The molecule has 2 fully saturated rings. The fourth-order valence-electron chi connectivity index (χ4n) is 2.96. The Labute approximate surface area is 123 Å². The molecule has 1 aromatic carbocycles. The van der Waals surface area contributed by atoms with Crippen LogP contribution in [-0.4, -0.2) is 22.9 Å². The molecule has 3 nitrogen and oxygen atoms in total. The number of rotatable bonds is 4. The summed E-state index contributed by atoms with van der Waals surface area (Å²) >= 11 is 0. The highest BCUT2D eigenvalue weighted by Crippen LogP contribution is 2.39. The van der Waals surface area contributed by atoms with E-state index in [0.29, 0.717) is 5.56 Å². The van der Waals surface area contributed by atoms with E-state index >= 15 is 0 Å². The van der Waals surface area contributed by atoms with E-state index < -0.39 is 17.8 Å². The first kappa shape index (κ1) is 14.4. The summed E-state index contributed by atoms with van der Waals surface area (Å²) in [5, 5.41) is 3.25. The molecular formula is C16H20F2N2O. The Bertz CT molecular complexity index is 559. The van der Waals surface area contributed by atoms with E-state index in [2.05, 4.69) is 5.32 Å². The monoisotopic (exact) mass is 294 g/mol. The lowest BCUT2D eigenvalue weighted by Gasteiger charge is -2.24. The summed E-state index contributed by atoms with van der Waals surface area (Å²) in [4.78, 5) is 14.4. The third-order valence-electron chi connectivity index (χ3n) is 4.55. The molecule has 0 aromatic heterocycles. The first-order valence-electron chi connectivity index (χ1n) is 7.56. The maximum absolute atomic E-state index is 14.1. The zero-order chi connectivity index (χ0) is 15.1. The zero-order valence-electron chi connectivity index (χ0n) is 12.3. The summed E-state index contributed by atoms with van der Waals surface area (Å²) in [5.74, 6) is -0.972. The second-order valence-corrected chi connectivity index (χ2v) is 6.07. The Morgan fingerprint density at radius 2 is 2.10 bits per heavy atom. The van der Waals surface area contributed by atoms with E-state index in [4.69, 9.17) is 0 Å². The maximum Gasteiger partial charge on any atom is 0.241 e. The van der Waals surface area contributed by atoms with Crippen LogP contribution in [0.2, 0.25) is 0 Å². The smallest absolute Gasteiger partial charge is 0.241 e. The molecule has 1 amide bonds. The van der Waals surface area contributed by atoms with Crippen LogP contribution in [0.1, 0.15) is 44.8 Å². The number of amides is 1. The lowest BCUT2D eigenvalue weighted by molar-refractivity contribution is -0.131. The van der Waals surface area contributed by atoms with Gasteiger partial charge in [-0.3, -0.25) is 10.1 Å². The Kier molecular flexibility index (Phi) is 3.69. The molecule has 0 radical (unpaired) electrons. The van der Waals surface area contributed by atoms with E-state index in [9.17, 15) is 13.6 Å². The molecule has 1 aromatic rings. The summed E-state index contributed by atoms with van der Waals surface area (Å²) in [6.07, 6.45) is 2.31. The minimum absolute atomic E-state index is 0.0422. The van der Waals surface area contributed by atoms with Gasteiger partial charge in [0.15, 0.2) is 0 Å². The van der Waals surface area contributed by atoms with Gasteiger partial charge < -0.3 is 4.90 Å². The molecule has 21 heavy (non-hydrogen) atoms. The van der Waals surface area contributed by atoms with Gasteiger partial charge in [-0.15, -0.1) is 0 Å². The Morgan fingerprint density at radius 3 is 2.67 bits per heavy atom. The number of benzene rings is 1. The van der Waals surface area contributed by atoms with Gasteiger partial charge in [0.2, 0.25) is 5.91 Å². The van der Waals surface area contributed by atoms with E-state index in [1.165, 1.54) is 12.1 Å². The summed E-state index contributed by atoms with van der Waals surface area (Å²) in [7, 11) is 0. The van der Waals surface area contributed by atoms with Gasteiger partial charge in [-0.2, -0.15) is 0 Å². The van der Waals surface area contributed by atoms with Crippen molar-refractivity contribution >= 4 is 5.91 Å². The van der Waals surface area contributed by atoms with E-state index in [1.807, 2.05) is 13.8 Å². The van der Waals surface area contributed by atoms with Crippen LogP contribution in [0.3, 0.4) is 0 Å². The summed E-state index contributed by atoms with van der Waals surface area (Å²) < 4.78 is 27.2. The predicted molar refractivity (Wildman–Crippen MR) is 75.3 cm³/mol. The van der Waals surface area contributed by atoms with Crippen molar-refractivity contribution in [2.24, 2.45) is 5.92 Å². The first-order chi connectivity index (χ1) is 10.0. The van der Waals surface area contributed by atoms with Crippen LogP contribution in [0.4, 0.5) is 8.78 Å². The maximum atomic E-state index is 14.1. The van der Waals surface area contributed by atoms with Gasteiger partial charge in [-0.25, -0.2) is 8.78 Å². The van der Waals surface area contributed by atoms with Gasteiger partial charge in [0, 0.05) is 17.7 Å². The largest absolute Gasteiger partial charge is 0.318 e. The highest BCUT2D eigenvalue weighted by Gasteiger charge is 2.48. The molecule has 1 saturated heterocycles. The number of hydrogen-bond donors (Lipinski definition) is 1. The van der Waals surface area contributed by atoms with Crippen molar-refractivity contribution < 1.29 is 13.6 Å². The molecule has 1 aliphatic carbocycles. The lowest BCUT2D eigenvalue weighted by atomic mass is 9.99. The number of nitrogens with one attached hydrogen (secondary N) is 1. The average molecular weight is 294 g/mol. The molecule has 0 bridgehead atoms. The van der Waals surface area contributed by atoms with Crippen molar-refractivity contribution in [2.45, 2.75) is 51.4 Å². The predicted octanol–water partition coefficient (Wildman–Crippen LogP) is 2.97. The molecule has 3 atom stereocenters. The minimum Gasteiger partial charge on any atom is -0.318 e. The highest BCUT2D eigenvalue weighted by atomic mass is 19.1. The van der Waals surface area contributed by atoms with Gasteiger partial charge in [0.1, 0.15) is 17.8 Å². The molecular weight excluding hydrogens is 274 g/mol. The molecule has 5 heteroatoms. The second kappa shape index (κ2) is 5.37. The van der Waals surface area contributed by atoms with Gasteiger partial charge in [0.25, 0.3) is 0 Å². The summed E-state index contributed by atoms with van der Waals surface area (Å²) in [6, 6.07) is 3.46. The molecule has 2 aliphatic rings. The quantitative estimate of drug-likeness (QED) is 0.926. The first-order valence-corrected chi connectivity index (χ1v) is 7.56. The topological polar surface area (TPSA) is 32.3 Å². The zero-order valence-corrected chi connectivity index (χ0v) is 12.3. The average Bonchev–Trinajstić information content (AvgIpc) is 3.22. The normalized spacial score (nSPS) is 27.2. The Balaban J connectivity index is 1.94. The van der Waals surface area contributed by atoms with Crippen LogP contribution < -0.4 is 5.32 Å². The molecule has 1 aliphatic heterocycles. The van der Waals surface area contributed by atoms with Gasteiger partial charge in [-0.05, 0) is 30.9 Å². The molecule has 1 saturated carbocycles. The summed E-state index contributed by atoms with van der Waals surface area (Å²) in [6.45, 7) is 4.05. The molecule has 3 rings (SSSR count). The standard InChI is InChI=1S/C16H20F2N2O/c1-3-9(2)14-16(21)20(11-5-6-11)15(19-14)12-7-4-10(17)8-13(12)18/h4,7-9,11,14-15,19H,3,5-6H2,1-2H3. The Morgan fingerprint density at radius 1 is 1.38 bits per heavy atom. The van der Waals surface area contributed by atoms with Crippen LogP contribution in [0, 0.1) is 17.6 Å². The van der Waals surface area contributed by atoms with Gasteiger partial charge in [-0.1, -0.05) is 20.3 Å². The van der Waals surface area contributed by atoms with Crippen LogP contribution in [0.15, 0.2) is 18.2 Å². The molecule has 0 spiro atoms. The van der Waals surface area contributed by atoms with Crippen molar-refractivity contribution in [1.82, 2.24) is 10.2 Å². The molecule has 3 unspecified atom stereocenters. The minimum atomic E-state index is -0.601. The van der Waals surface area contributed by atoms with Crippen molar-refractivity contribution in [1.29, 1.82) is 0 Å². The fourth-order valence-corrected chi connectivity index (χ4v) is 2.96. The number of hydrogen-bond acceptors (Lipinski definition) is 2. The van der Waals surface area contributed by atoms with Crippen LogP contribution >= 0.6 is 0 Å². The van der Waals surface area contributed by atoms with Crippen molar-refractivity contribution in [3.8, 4) is 0 Å². The number of carbonyl (C=O) groups excluding carboxylic acids is 1. The second-order valence-electron chi connectivity index (χ2n) is 6.07. The number of nitrogens with zero attached hydrogens (tertiary/aromatic N) is 1. The van der Waals surface area contributed by atoms with Crippen LogP contribution in [0.25, 0.3) is 0 Å². The third-order valence-corrected chi connectivity index (χ3v) is 4.55. The van der Waals surface area contributed by atoms with E-state index in [-0.39, 0.29) is 23.9 Å². The van der Waals surface area contributed by atoms with Crippen molar-refractivity contribution in [3.63, 3.8) is 0 Å². The van der Waals surface area contributed by atoms with Crippen molar-refractivity contribution in [3.05, 3.63) is 35.4 Å². The van der Waals surface area contributed by atoms with Gasteiger partial charge in [0.05, 0.1) is 6.04 Å². The molecule has 114 valence electrons. The lowest BCUT2D eigenvalue weighted by Crippen LogP contribution is -2.36. The van der Waals surface area contributed by atoms with Gasteiger partial charge >= 0.3 is 0 Å². The third kappa shape index (κ3) is 2.55. The number of halogens is 2.